The highest BCUT2D eigenvalue weighted by atomic mass is 16.2. The molecule has 2 heterocycles. The van der Waals surface area contributed by atoms with Crippen LogP contribution in [0.2, 0.25) is 0 Å². The van der Waals surface area contributed by atoms with Crippen LogP contribution in [0.3, 0.4) is 0 Å². The van der Waals surface area contributed by atoms with Crippen LogP contribution < -0.4 is 10.6 Å². The van der Waals surface area contributed by atoms with Crippen molar-refractivity contribution in [1.29, 1.82) is 0 Å². The van der Waals surface area contributed by atoms with Crippen LogP contribution >= 0.6 is 0 Å². The zero-order valence-electron chi connectivity index (χ0n) is 14.0. The molecular weight excluding hydrogens is 290 g/mol. The highest BCUT2D eigenvalue weighted by molar-refractivity contribution is 5.96. The Morgan fingerprint density at radius 2 is 1.83 bits per heavy atom. The highest BCUT2D eigenvalue weighted by Crippen LogP contribution is 2.33. The number of benzene rings is 1. The number of likely N-dealkylation sites (tertiary alicyclic amines) is 1. The first-order valence-corrected chi connectivity index (χ1v) is 8.43. The molecule has 0 saturated carbocycles. The number of nitrogens with zero attached hydrogens (tertiary/aromatic N) is 2. The average Bonchev–Trinajstić information content (AvgIpc) is 2.53. The smallest absolute Gasteiger partial charge is 0.314 e. The van der Waals surface area contributed by atoms with E-state index < -0.39 is 0 Å². The summed E-state index contributed by atoms with van der Waals surface area (Å²) in [5, 5.41) is 0. The Labute approximate surface area is 137 Å². The lowest BCUT2D eigenvalue weighted by Gasteiger charge is -2.36. The Balaban J connectivity index is 1.79. The van der Waals surface area contributed by atoms with E-state index in [0.717, 1.165) is 25.1 Å². The molecule has 0 atom stereocenters. The van der Waals surface area contributed by atoms with E-state index >= 15 is 0 Å². The molecule has 0 aliphatic carbocycles. The maximum atomic E-state index is 13.0. The van der Waals surface area contributed by atoms with Crippen molar-refractivity contribution >= 4 is 17.6 Å². The van der Waals surface area contributed by atoms with Crippen molar-refractivity contribution in [2.75, 3.05) is 24.5 Å². The summed E-state index contributed by atoms with van der Waals surface area (Å²) in [5.41, 5.74) is 10.2. The van der Waals surface area contributed by atoms with Gasteiger partial charge in [-0.05, 0) is 62.3 Å². The quantitative estimate of drug-likeness (QED) is 0.864. The van der Waals surface area contributed by atoms with E-state index in [4.69, 9.17) is 5.73 Å². The Morgan fingerprint density at radius 3 is 2.48 bits per heavy atom. The number of fused-ring (bicyclic) bond motifs is 1. The molecule has 1 aromatic carbocycles. The van der Waals surface area contributed by atoms with E-state index in [1.54, 1.807) is 4.90 Å². The van der Waals surface area contributed by atoms with Gasteiger partial charge in [-0.1, -0.05) is 6.07 Å². The van der Waals surface area contributed by atoms with Gasteiger partial charge < -0.3 is 15.5 Å². The fourth-order valence-corrected chi connectivity index (χ4v) is 3.87. The van der Waals surface area contributed by atoms with Gasteiger partial charge in [-0.2, -0.15) is 0 Å². The summed E-state index contributed by atoms with van der Waals surface area (Å²) in [6, 6.07) is 3.95. The lowest BCUT2D eigenvalue weighted by molar-refractivity contribution is -0.123. The molecular formula is C18H25N3O2. The number of piperidine rings is 1. The molecule has 3 rings (SSSR count). The molecule has 1 saturated heterocycles. The summed E-state index contributed by atoms with van der Waals surface area (Å²) < 4.78 is 0. The molecule has 5 nitrogen and oxygen atoms in total. The molecule has 2 N–H and O–H groups in total. The first-order valence-electron chi connectivity index (χ1n) is 8.43. The summed E-state index contributed by atoms with van der Waals surface area (Å²) >= 11 is 0. The third-order valence-corrected chi connectivity index (χ3v) is 5.11. The van der Waals surface area contributed by atoms with Gasteiger partial charge in [0.25, 0.3) is 0 Å². The molecule has 0 aromatic heterocycles. The van der Waals surface area contributed by atoms with Crippen molar-refractivity contribution in [2.45, 2.75) is 39.5 Å². The van der Waals surface area contributed by atoms with E-state index in [2.05, 4.69) is 26.0 Å². The van der Waals surface area contributed by atoms with Crippen molar-refractivity contribution in [1.82, 2.24) is 4.90 Å². The van der Waals surface area contributed by atoms with Gasteiger partial charge in [0.1, 0.15) is 0 Å². The minimum Gasteiger partial charge on any atom is -0.351 e. The predicted molar refractivity (Wildman–Crippen MR) is 90.5 cm³/mol. The number of primary amides is 1. The van der Waals surface area contributed by atoms with Gasteiger partial charge in [0.15, 0.2) is 0 Å². The second-order valence-corrected chi connectivity index (χ2v) is 6.77. The number of carbonyl (C=O) groups is 2. The van der Waals surface area contributed by atoms with Crippen molar-refractivity contribution in [3.05, 3.63) is 28.8 Å². The van der Waals surface area contributed by atoms with Gasteiger partial charge in [0.2, 0.25) is 5.91 Å². The zero-order valence-corrected chi connectivity index (χ0v) is 14.0. The van der Waals surface area contributed by atoms with E-state index in [1.165, 1.54) is 16.7 Å². The number of nitrogens with two attached hydrogens (primary N) is 1. The molecule has 1 fully saturated rings. The lowest BCUT2D eigenvalue weighted by atomic mass is 9.91. The van der Waals surface area contributed by atoms with Crippen LogP contribution in [0.4, 0.5) is 10.5 Å². The molecule has 124 valence electrons. The number of hydrogen-bond donors (Lipinski definition) is 1. The number of amides is 3. The monoisotopic (exact) mass is 315 g/mol. The second-order valence-electron chi connectivity index (χ2n) is 6.77. The van der Waals surface area contributed by atoms with Gasteiger partial charge in [-0.15, -0.1) is 0 Å². The van der Waals surface area contributed by atoms with E-state index in [0.29, 0.717) is 25.9 Å². The largest absolute Gasteiger partial charge is 0.351 e. The molecule has 0 bridgehead atoms. The van der Waals surface area contributed by atoms with E-state index in [-0.39, 0.29) is 17.9 Å². The van der Waals surface area contributed by atoms with E-state index in [1.807, 2.05) is 4.90 Å². The van der Waals surface area contributed by atoms with Crippen molar-refractivity contribution in [3.63, 3.8) is 0 Å². The van der Waals surface area contributed by atoms with Gasteiger partial charge >= 0.3 is 6.03 Å². The van der Waals surface area contributed by atoms with Crippen LogP contribution in [0.1, 0.15) is 36.0 Å². The Morgan fingerprint density at radius 1 is 1.13 bits per heavy atom. The Bertz CT molecular complexity index is 633. The summed E-state index contributed by atoms with van der Waals surface area (Å²) in [6.45, 7) is 6.17. The maximum absolute atomic E-state index is 13.0. The second kappa shape index (κ2) is 6.22. The molecule has 0 spiro atoms. The molecule has 3 amide bonds. The van der Waals surface area contributed by atoms with Gasteiger partial charge in [-0.3, -0.25) is 4.79 Å². The van der Waals surface area contributed by atoms with Crippen LogP contribution in [-0.4, -0.2) is 36.5 Å². The van der Waals surface area contributed by atoms with Gasteiger partial charge in [-0.25, -0.2) is 4.79 Å². The SMILES string of the molecule is Cc1cc(C)c2c(c1)N(C(=O)C1CCN(C(N)=O)CC1)CCC2. The minimum absolute atomic E-state index is 0.00244. The average molecular weight is 315 g/mol. The molecule has 2 aliphatic heterocycles. The fourth-order valence-electron chi connectivity index (χ4n) is 3.87. The standard InChI is InChI=1S/C18H25N3O2/c1-12-10-13(2)15-4-3-7-21(16(15)11-12)17(22)14-5-8-20(9-6-14)18(19)23/h10-11,14H,3-9H2,1-2H3,(H2,19,23). The maximum Gasteiger partial charge on any atom is 0.314 e. The number of carbonyl (C=O) groups excluding carboxylic acids is 2. The topological polar surface area (TPSA) is 66.6 Å². The summed E-state index contributed by atoms with van der Waals surface area (Å²) in [5.74, 6) is 0.206. The molecule has 2 aliphatic rings. The number of anilines is 1. The van der Waals surface area contributed by atoms with Crippen LogP contribution in [0.15, 0.2) is 12.1 Å². The molecule has 0 unspecified atom stereocenters. The third kappa shape index (κ3) is 3.05. The van der Waals surface area contributed by atoms with Crippen LogP contribution in [-0.2, 0) is 11.2 Å². The number of aryl methyl sites for hydroxylation is 2. The molecule has 5 heteroatoms. The first kappa shape index (κ1) is 15.8. The fraction of sp³-hybridized carbons (Fsp3) is 0.556. The van der Waals surface area contributed by atoms with Crippen LogP contribution in [0.25, 0.3) is 0 Å². The van der Waals surface area contributed by atoms with Crippen LogP contribution in [0, 0.1) is 19.8 Å². The van der Waals surface area contributed by atoms with Crippen molar-refractivity contribution in [3.8, 4) is 0 Å². The Kier molecular flexibility index (Phi) is 4.28. The first-order chi connectivity index (χ1) is 11.0. The van der Waals surface area contributed by atoms with Crippen molar-refractivity contribution in [2.24, 2.45) is 11.7 Å². The third-order valence-electron chi connectivity index (χ3n) is 5.11. The number of rotatable bonds is 1. The summed E-state index contributed by atoms with van der Waals surface area (Å²) in [6.07, 6.45) is 3.48. The van der Waals surface area contributed by atoms with Gasteiger partial charge in [0, 0.05) is 31.2 Å². The van der Waals surface area contributed by atoms with Crippen LogP contribution in [0.5, 0.6) is 0 Å². The predicted octanol–water partition coefficient (Wildman–Crippen LogP) is 2.37. The zero-order chi connectivity index (χ0) is 16.6. The number of hydrogen-bond acceptors (Lipinski definition) is 2. The molecule has 1 aromatic rings. The van der Waals surface area contributed by atoms with E-state index in [9.17, 15) is 9.59 Å². The number of urea groups is 1. The summed E-state index contributed by atoms with van der Waals surface area (Å²) in [4.78, 5) is 27.8. The molecule has 0 radical (unpaired) electrons. The summed E-state index contributed by atoms with van der Waals surface area (Å²) in [7, 11) is 0. The Hall–Kier alpha value is -2.04. The molecule has 23 heavy (non-hydrogen) atoms. The lowest BCUT2D eigenvalue weighted by Crippen LogP contribution is -2.47. The normalized spacial score (nSPS) is 18.7. The minimum atomic E-state index is -0.384. The highest BCUT2D eigenvalue weighted by Gasteiger charge is 2.32. The van der Waals surface area contributed by atoms with Crippen molar-refractivity contribution < 1.29 is 9.59 Å². The van der Waals surface area contributed by atoms with Gasteiger partial charge in [0.05, 0.1) is 0 Å².